The number of aliphatic hydroxyl groups is 1. The van der Waals surface area contributed by atoms with Gasteiger partial charge < -0.3 is 14.6 Å². The highest BCUT2D eigenvalue weighted by atomic mass is 32.2. The maximum atomic E-state index is 9.98. The van der Waals surface area contributed by atoms with Crippen molar-refractivity contribution in [3.63, 3.8) is 0 Å². The number of thioether (sulfide) groups is 1. The zero-order valence-electron chi connectivity index (χ0n) is 10.3. The fourth-order valence-corrected chi connectivity index (χ4v) is 2.10. The van der Waals surface area contributed by atoms with E-state index < -0.39 is 6.10 Å². The molecule has 0 aliphatic carbocycles. The zero-order valence-corrected chi connectivity index (χ0v) is 11.2. The van der Waals surface area contributed by atoms with Gasteiger partial charge in [-0.3, -0.25) is 0 Å². The van der Waals surface area contributed by atoms with Gasteiger partial charge in [-0.05, 0) is 12.2 Å². The summed E-state index contributed by atoms with van der Waals surface area (Å²) in [5, 5.41) is 9.98. The molecule has 0 radical (unpaired) electrons. The first kappa shape index (κ1) is 14.1. The molecule has 6 heteroatoms. The van der Waals surface area contributed by atoms with Gasteiger partial charge >= 0.3 is 0 Å². The summed E-state index contributed by atoms with van der Waals surface area (Å²) in [6.45, 7) is 2.10. The molecule has 0 spiro atoms. The summed E-state index contributed by atoms with van der Waals surface area (Å²) in [5.74, 6) is 2.29. The van der Waals surface area contributed by atoms with Crippen molar-refractivity contribution in [1.82, 2.24) is 9.97 Å². The molecule has 1 heterocycles. The van der Waals surface area contributed by atoms with Gasteiger partial charge in [0.25, 0.3) is 0 Å². The van der Waals surface area contributed by atoms with Crippen LogP contribution in [0.1, 0.15) is 25.1 Å². The van der Waals surface area contributed by atoms with Crippen LogP contribution in [0.4, 0.5) is 0 Å². The van der Waals surface area contributed by atoms with E-state index >= 15 is 0 Å². The number of nitrogens with zero attached hydrogens (tertiary/aromatic N) is 2. The fourth-order valence-electron chi connectivity index (χ4n) is 1.26. The Kier molecular flexibility index (Phi) is 6.07. The van der Waals surface area contributed by atoms with E-state index in [1.807, 2.05) is 0 Å². The molecule has 96 valence electrons. The molecule has 1 aromatic heterocycles. The van der Waals surface area contributed by atoms with E-state index in [0.29, 0.717) is 23.2 Å². The van der Waals surface area contributed by atoms with E-state index in [0.717, 1.165) is 12.2 Å². The lowest BCUT2D eigenvalue weighted by Crippen LogP contribution is -2.08. The standard InChI is InChI=1S/C11H18N2O3S/c1-4-5-17-7-8(14)10-11(16-3)13-9(15-2)6-12-10/h6,8,14H,4-5,7H2,1-3H3. The number of ether oxygens (including phenoxy) is 2. The third kappa shape index (κ3) is 4.05. The molecule has 1 N–H and O–H groups in total. The van der Waals surface area contributed by atoms with Gasteiger partial charge in [0.2, 0.25) is 11.8 Å². The van der Waals surface area contributed by atoms with Gasteiger partial charge in [-0.1, -0.05) is 6.92 Å². The second-order valence-corrected chi connectivity index (χ2v) is 4.55. The number of rotatable bonds is 7. The lowest BCUT2D eigenvalue weighted by Gasteiger charge is -2.13. The summed E-state index contributed by atoms with van der Waals surface area (Å²) in [6.07, 6.45) is 1.90. The van der Waals surface area contributed by atoms with Crippen molar-refractivity contribution in [2.75, 3.05) is 25.7 Å². The van der Waals surface area contributed by atoms with E-state index in [2.05, 4.69) is 16.9 Å². The van der Waals surface area contributed by atoms with Crippen molar-refractivity contribution in [3.05, 3.63) is 11.9 Å². The first-order valence-corrected chi connectivity index (χ1v) is 6.59. The van der Waals surface area contributed by atoms with Crippen LogP contribution in [0.25, 0.3) is 0 Å². The number of aliphatic hydroxyl groups excluding tert-OH is 1. The zero-order chi connectivity index (χ0) is 12.7. The lowest BCUT2D eigenvalue weighted by atomic mass is 10.3. The second-order valence-electron chi connectivity index (χ2n) is 3.40. The van der Waals surface area contributed by atoms with Gasteiger partial charge in [-0.2, -0.15) is 16.7 Å². The molecule has 1 aromatic rings. The highest BCUT2D eigenvalue weighted by Crippen LogP contribution is 2.25. The maximum Gasteiger partial charge on any atom is 0.241 e. The lowest BCUT2D eigenvalue weighted by molar-refractivity contribution is 0.191. The first-order valence-electron chi connectivity index (χ1n) is 5.43. The molecular weight excluding hydrogens is 240 g/mol. The molecule has 1 unspecified atom stereocenters. The van der Waals surface area contributed by atoms with Crippen LogP contribution in [0.5, 0.6) is 11.8 Å². The highest BCUT2D eigenvalue weighted by Gasteiger charge is 2.17. The Bertz CT molecular complexity index is 349. The molecule has 0 aliphatic rings. The van der Waals surface area contributed by atoms with Crippen LogP contribution in [0, 0.1) is 0 Å². The number of hydrogen-bond acceptors (Lipinski definition) is 6. The van der Waals surface area contributed by atoms with Gasteiger partial charge in [-0.15, -0.1) is 0 Å². The summed E-state index contributed by atoms with van der Waals surface area (Å²) in [5.41, 5.74) is 0.455. The van der Waals surface area contributed by atoms with E-state index in [4.69, 9.17) is 9.47 Å². The summed E-state index contributed by atoms with van der Waals surface area (Å²) >= 11 is 1.68. The van der Waals surface area contributed by atoms with Gasteiger partial charge in [0.1, 0.15) is 11.8 Å². The van der Waals surface area contributed by atoms with Gasteiger partial charge in [0, 0.05) is 5.75 Å². The minimum atomic E-state index is -0.667. The van der Waals surface area contributed by atoms with Gasteiger partial charge in [-0.25, -0.2) is 4.98 Å². The van der Waals surface area contributed by atoms with Crippen molar-refractivity contribution in [3.8, 4) is 11.8 Å². The Morgan fingerprint density at radius 3 is 2.76 bits per heavy atom. The molecule has 0 aromatic carbocycles. The van der Waals surface area contributed by atoms with Crippen molar-refractivity contribution >= 4 is 11.8 Å². The number of methoxy groups -OCH3 is 2. The second kappa shape index (κ2) is 7.34. The topological polar surface area (TPSA) is 64.5 Å². The average molecular weight is 258 g/mol. The van der Waals surface area contributed by atoms with Crippen LogP contribution < -0.4 is 9.47 Å². The predicted octanol–water partition coefficient (Wildman–Crippen LogP) is 1.67. The largest absolute Gasteiger partial charge is 0.480 e. The highest BCUT2D eigenvalue weighted by molar-refractivity contribution is 7.99. The minimum absolute atomic E-state index is 0.314. The smallest absolute Gasteiger partial charge is 0.241 e. The SMILES string of the molecule is CCCSCC(O)c1ncc(OC)nc1OC. The Balaban J connectivity index is 2.74. The number of aromatic nitrogens is 2. The molecule has 1 rings (SSSR count). The average Bonchev–Trinajstić information content (AvgIpc) is 2.38. The molecule has 0 bridgehead atoms. The van der Waals surface area contributed by atoms with Crippen molar-refractivity contribution in [2.45, 2.75) is 19.4 Å². The van der Waals surface area contributed by atoms with Gasteiger partial charge in [0.15, 0.2) is 0 Å². The third-order valence-corrected chi connectivity index (χ3v) is 3.34. The van der Waals surface area contributed by atoms with Gasteiger partial charge in [0.05, 0.1) is 20.4 Å². The Morgan fingerprint density at radius 1 is 1.41 bits per heavy atom. The van der Waals surface area contributed by atoms with Crippen LogP contribution in [0.2, 0.25) is 0 Å². The van der Waals surface area contributed by atoms with Crippen LogP contribution in [-0.2, 0) is 0 Å². The van der Waals surface area contributed by atoms with Crippen LogP contribution in [0.15, 0.2) is 6.20 Å². The van der Waals surface area contributed by atoms with Crippen molar-refractivity contribution in [1.29, 1.82) is 0 Å². The molecule has 5 nitrogen and oxygen atoms in total. The van der Waals surface area contributed by atoms with Crippen LogP contribution >= 0.6 is 11.8 Å². The molecule has 1 atom stereocenters. The molecule has 0 aliphatic heterocycles. The van der Waals surface area contributed by atoms with E-state index in [1.165, 1.54) is 20.4 Å². The maximum absolute atomic E-state index is 9.98. The molecular formula is C11H18N2O3S. The third-order valence-electron chi connectivity index (χ3n) is 2.09. The minimum Gasteiger partial charge on any atom is -0.480 e. The summed E-state index contributed by atoms with van der Waals surface area (Å²) in [7, 11) is 3.01. The van der Waals surface area contributed by atoms with Crippen molar-refractivity contribution in [2.24, 2.45) is 0 Å². The number of hydrogen-bond donors (Lipinski definition) is 1. The van der Waals surface area contributed by atoms with Crippen LogP contribution in [-0.4, -0.2) is 40.8 Å². The molecule has 0 fully saturated rings. The van der Waals surface area contributed by atoms with Crippen LogP contribution in [0.3, 0.4) is 0 Å². The Labute approximate surface area is 106 Å². The molecule has 0 saturated heterocycles. The Morgan fingerprint density at radius 2 is 2.18 bits per heavy atom. The van der Waals surface area contributed by atoms with E-state index in [-0.39, 0.29) is 0 Å². The monoisotopic (exact) mass is 258 g/mol. The molecule has 17 heavy (non-hydrogen) atoms. The van der Waals surface area contributed by atoms with E-state index in [9.17, 15) is 5.11 Å². The first-order chi connectivity index (χ1) is 8.22. The Hall–Kier alpha value is -1.01. The van der Waals surface area contributed by atoms with E-state index in [1.54, 1.807) is 11.8 Å². The molecule has 0 amide bonds. The quantitative estimate of drug-likeness (QED) is 0.751. The summed E-state index contributed by atoms with van der Waals surface area (Å²) < 4.78 is 10.0. The predicted molar refractivity (Wildman–Crippen MR) is 67.7 cm³/mol. The summed E-state index contributed by atoms with van der Waals surface area (Å²) in [4.78, 5) is 8.21. The molecule has 0 saturated carbocycles. The summed E-state index contributed by atoms with van der Waals surface area (Å²) in [6, 6.07) is 0. The fraction of sp³-hybridized carbons (Fsp3) is 0.636. The van der Waals surface area contributed by atoms with Crippen molar-refractivity contribution < 1.29 is 14.6 Å². The normalized spacial score (nSPS) is 12.2.